The summed E-state index contributed by atoms with van der Waals surface area (Å²) >= 11 is 9.25. The monoisotopic (exact) mass is 376 g/mol. The summed E-state index contributed by atoms with van der Waals surface area (Å²) in [4.78, 5) is 13.2. The molecule has 0 aliphatic heterocycles. The fraction of sp³-hybridized carbons (Fsp3) is 0.0833. The average molecular weight is 378 g/mol. The minimum Gasteiger partial charge on any atom is -0.328 e. The van der Waals surface area contributed by atoms with E-state index in [0.717, 1.165) is 17.8 Å². The van der Waals surface area contributed by atoms with Crippen LogP contribution in [0.4, 0.5) is 5.69 Å². The van der Waals surface area contributed by atoms with Gasteiger partial charge in [0.25, 0.3) is 10.0 Å². The van der Waals surface area contributed by atoms with Gasteiger partial charge >= 0.3 is 0 Å². The highest BCUT2D eigenvalue weighted by atomic mass is 79.9. The first-order valence-corrected chi connectivity index (χ1v) is 8.12. The third-order valence-corrected chi connectivity index (χ3v) is 4.99. The molecule has 0 aliphatic carbocycles. The average Bonchev–Trinajstić information content (AvgIpc) is 2.36. The van der Waals surface area contributed by atoms with E-state index in [1.807, 2.05) is 6.92 Å². The molecule has 0 spiro atoms. The molecule has 0 unspecified atom stereocenters. The van der Waals surface area contributed by atoms with E-state index >= 15 is 0 Å². The Bertz CT molecular complexity index is 797. The molecule has 20 heavy (non-hydrogen) atoms. The summed E-state index contributed by atoms with van der Waals surface area (Å²) < 4.78 is 27.3. The van der Waals surface area contributed by atoms with Crippen LogP contribution in [0.25, 0.3) is 0 Å². The highest BCUT2D eigenvalue weighted by Gasteiger charge is 2.16. The van der Waals surface area contributed by atoms with E-state index in [1.165, 1.54) is 12.1 Å². The lowest BCUT2D eigenvalue weighted by molar-refractivity contribution is 0.600. The minimum atomic E-state index is -3.79. The van der Waals surface area contributed by atoms with Crippen LogP contribution in [0.5, 0.6) is 0 Å². The fourth-order valence-corrected chi connectivity index (χ4v) is 3.38. The summed E-state index contributed by atoms with van der Waals surface area (Å²) in [6.45, 7) is 1.81. The second-order valence-electron chi connectivity index (χ2n) is 4.08. The van der Waals surface area contributed by atoms with Crippen molar-refractivity contribution in [3.05, 3.63) is 55.9 Å². The van der Waals surface area contributed by atoms with Crippen molar-refractivity contribution in [2.45, 2.75) is 11.8 Å². The smallest absolute Gasteiger partial charge is 0.263 e. The normalized spacial score (nSPS) is 11.3. The quantitative estimate of drug-likeness (QED) is 0.863. The number of hydrogen-bond acceptors (Lipinski definition) is 3. The van der Waals surface area contributed by atoms with Crippen molar-refractivity contribution in [1.29, 1.82) is 0 Å². The van der Waals surface area contributed by atoms with Crippen molar-refractivity contribution >= 4 is 43.2 Å². The SMILES string of the molecule is Cc1cc(Br)c(NS(=O)(=O)c2ccc(=O)[nH]c2)cc1Cl. The molecule has 0 atom stereocenters. The Morgan fingerprint density at radius 1 is 1.30 bits per heavy atom. The van der Waals surface area contributed by atoms with Gasteiger partial charge in [-0.2, -0.15) is 0 Å². The van der Waals surface area contributed by atoms with E-state index in [-0.39, 0.29) is 10.5 Å². The largest absolute Gasteiger partial charge is 0.328 e. The number of benzene rings is 1. The van der Waals surface area contributed by atoms with Crippen LogP contribution < -0.4 is 10.3 Å². The predicted octanol–water partition coefficient (Wildman–Crippen LogP) is 2.90. The van der Waals surface area contributed by atoms with Crippen molar-refractivity contribution in [1.82, 2.24) is 4.98 Å². The molecule has 1 aromatic carbocycles. The van der Waals surface area contributed by atoms with Gasteiger partial charge in [0.05, 0.1) is 5.69 Å². The Balaban J connectivity index is 2.40. The van der Waals surface area contributed by atoms with E-state index < -0.39 is 10.0 Å². The molecule has 0 saturated heterocycles. The zero-order valence-electron chi connectivity index (χ0n) is 10.3. The molecule has 0 fully saturated rings. The molecule has 0 bridgehead atoms. The van der Waals surface area contributed by atoms with E-state index in [9.17, 15) is 13.2 Å². The molecular formula is C12H10BrClN2O3S. The Kier molecular flexibility index (Phi) is 4.22. The van der Waals surface area contributed by atoms with Gasteiger partial charge < -0.3 is 4.98 Å². The third-order valence-electron chi connectivity index (χ3n) is 2.56. The van der Waals surface area contributed by atoms with Crippen LogP contribution in [0.2, 0.25) is 5.02 Å². The van der Waals surface area contributed by atoms with Crippen LogP contribution in [0.3, 0.4) is 0 Å². The number of aromatic nitrogens is 1. The molecule has 5 nitrogen and oxygen atoms in total. The van der Waals surface area contributed by atoms with Crippen molar-refractivity contribution < 1.29 is 8.42 Å². The number of sulfonamides is 1. The summed E-state index contributed by atoms with van der Waals surface area (Å²) in [6, 6.07) is 5.61. The molecule has 1 heterocycles. The van der Waals surface area contributed by atoms with Crippen molar-refractivity contribution in [3.63, 3.8) is 0 Å². The van der Waals surface area contributed by atoms with Crippen LogP contribution in [-0.4, -0.2) is 13.4 Å². The molecule has 2 N–H and O–H groups in total. The number of rotatable bonds is 3. The molecular weight excluding hydrogens is 368 g/mol. The first kappa shape index (κ1) is 15.1. The highest BCUT2D eigenvalue weighted by molar-refractivity contribution is 9.10. The number of halogens is 2. The molecule has 2 rings (SSSR count). The number of anilines is 1. The second kappa shape index (κ2) is 5.59. The van der Waals surface area contributed by atoms with Crippen LogP contribution in [0.1, 0.15) is 5.56 Å². The minimum absolute atomic E-state index is 0.0410. The van der Waals surface area contributed by atoms with Gasteiger partial charge in [-0.1, -0.05) is 11.6 Å². The van der Waals surface area contributed by atoms with Gasteiger partial charge in [0, 0.05) is 21.8 Å². The lowest BCUT2D eigenvalue weighted by Crippen LogP contribution is -2.15. The molecule has 8 heteroatoms. The molecule has 1 aromatic heterocycles. The standard InChI is InChI=1S/C12H10BrClN2O3S/c1-7-4-9(13)11(5-10(7)14)16-20(18,19)8-2-3-12(17)15-6-8/h2-6,16H,1H3,(H,15,17). The van der Waals surface area contributed by atoms with Gasteiger partial charge in [-0.25, -0.2) is 8.42 Å². The van der Waals surface area contributed by atoms with Gasteiger partial charge in [0.15, 0.2) is 0 Å². The molecule has 0 saturated carbocycles. The number of H-pyrrole nitrogens is 1. The maximum atomic E-state index is 12.2. The van der Waals surface area contributed by atoms with Crippen molar-refractivity contribution in [2.24, 2.45) is 0 Å². The van der Waals surface area contributed by atoms with Gasteiger partial charge in [-0.05, 0) is 46.6 Å². The topological polar surface area (TPSA) is 79.0 Å². The van der Waals surface area contributed by atoms with Gasteiger partial charge in [0.1, 0.15) is 4.90 Å². The summed E-state index contributed by atoms with van der Waals surface area (Å²) in [6.07, 6.45) is 1.13. The highest BCUT2D eigenvalue weighted by Crippen LogP contribution is 2.30. The van der Waals surface area contributed by atoms with Crippen molar-refractivity contribution in [2.75, 3.05) is 4.72 Å². The number of aryl methyl sites for hydroxylation is 1. The predicted molar refractivity (Wildman–Crippen MR) is 81.8 cm³/mol. The number of hydrogen-bond donors (Lipinski definition) is 2. The van der Waals surface area contributed by atoms with E-state index in [1.54, 1.807) is 6.07 Å². The third kappa shape index (κ3) is 3.23. The maximum absolute atomic E-state index is 12.2. The lowest BCUT2D eigenvalue weighted by Gasteiger charge is -2.11. The maximum Gasteiger partial charge on any atom is 0.263 e. The Hall–Kier alpha value is -1.31. The van der Waals surface area contributed by atoms with Crippen LogP contribution in [0, 0.1) is 6.92 Å². The zero-order valence-corrected chi connectivity index (χ0v) is 13.4. The molecule has 106 valence electrons. The summed E-state index contributed by atoms with van der Waals surface area (Å²) in [5, 5.41) is 0.451. The first-order valence-electron chi connectivity index (χ1n) is 5.47. The van der Waals surface area contributed by atoms with Gasteiger partial charge in [0.2, 0.25) is 5.56 Å². The number of aromatic amines is 1. The number of pyridine rings is 1. The van der Waals surface area contributed by atoms with Gasteiger partial charge in [-0.15, -0.1) is 0 Å². The molecule has 0 amide bonds. The molecule has 0 aliphatic rings. The Morgan fingerprint density at radius 2 is 2.00 bits per heavy atom. The van der Waals surface area contributed by atoms with Crippen LogP contribution >= 0.6 is 27.5 Å². The summed E-state index contributed by atoms with van der Waals surface area (Å²) in [5.41, 5.74) is 0.779. The van der Waals surface area contributed by atoms with E-state index in [2.05, 4.69) is 25.6 Å². The van der Waals surface area contributed by atoms with E-state index in [0.29, 0.717) is 15.2 Å². The van der Waals surface area contributed by atoms with E-state index in [4.69, 9.17) is 11.6 Å². The summed E-state index contributed by atoms with van der Waals surface area (Å²) in [5.74, 6) is 0. The first-order chi connectivity index (χ1) is 9.29. The van der Waals surface area contributed by atoms with Crippen molar-refractivity contribution in [3.8, 4) is 0 Å². The molecule has 0 radical (unpaired) electrons. The lowest BCUT2D eigenvalue weighted by atomic mass is 10.2. The second-order valence-corrected chi connectivity index (χ2v) is 7.02. The zero-order chi connectivity index (χ0) is 14.9. The fourth-order valence-electron chi connectivity index (χ4n) is 1.49. The Labute approximate surface area is 129 Å². The van der Waals surface area contributed by atoms with Crippen LogP contribution in [-0.2, 0) is 10.0 Å². The van der Waals surface area contributed by atoms with Gasteiger partial charge in [-0.3, -0.25) is 9.52 Å². The summed E-state index contributed by atoms with van der Waals surface area (Å²) in [7, 11) is -3.79. The number of nitrogens with one attached hydrogen (secondary N) is 2. The molecule has 2 aromatic rings. The Morgan fingerprint density at radius 3 is 2.60 bits per heavy atom. The van der Waals surface area contributed by atoms with Crippen LogP contribution in [0.15, 0.2) is 44.6 Å².